The highest BCUT2D eigenvalue weighted by Crippen LogP contribution is 2.20. The third-order valence-electron chi connectivity index (χ3n) is 4.96. The lowest BCUT2D eigenvalue weighted by Gasteiger charge is -2.16. The van der Waals surface area contributed by atoms with E-state index in [2.05, 4.69) is 15.4 Å². The van der Waals surface area contributed by atoms with E-state index in [9.17, 15) is 9.59 Å². The van der Waals surface area contributed by atoms with Crippen molar-refractivity contribution in [3.05, 3.63) is 95.5 Å². The van der Waals surface area contributed by atoms with Gasteiger partial charge in [-0.05, 0) is 42.5 Å². The van der Waals surface area contributed by atoms with Gasteiger partial charge in [0.1, 0.15) is 6.54 Å². The third kappa shape index (κ3) is 3.02. The number of aromatic nitrogens is 4. The zero-order chi connectivity index (χ0) is 20.5. The van der Waals surface area contributed by atoms with Crippen molar-refractivity contribution in [3.8, 4) is 5.82 Å². The number of nitrogens with one attached hydrogen (secondary N) is 1. The van der Waals surface area contributed by atoms with Crippen molar-refractivity contribution in [2.75, 3.05) is 5.32 Å². The summed E-state index contributed by atoms with van der Waals surface area (Å²) in [4.78, 5) is 30.2. The summed E-state index contributed by atoms with van der Waals surface area (Å²) in [6, 6.07) is 20.0. The standard InChI is InChI=1S/C23H17N5O2/c29-21(26-18-9-5-12-24-23(18)28-14-6-13-25-28)15-27-19-10-3-1-7-16(19)22(30)17-8-2-4-11-20(17)27/h1-14H,15H2,(H,26,29). The van der Waals surface area contributed by atoms with Gasteiger partial charge in [0.25, 0.3) is 0 Å². The Morgan fingerprint density at radius 3 is 2.23 bits per heavy atom. The predicted molar refractivity (Wildman–Crippen MR) is 116 cm³/mol. The molecule has 0 aliphatic carbocycles. The highest BCUT2D eigenvalue weighted by atomic mass is 16.2. The molecule has 30 heavy (non-hydrogen) atoms. The fourth-order valence-electron chi connectivity index (χ4n) is 3.65. The molecular weight excluding hydrogens is 378 g/mol. The van der Waals surface area contributed by atoms with Crippen molar-refractivity contribution in [1.29, 1.82) is 0 Å². The van der Waals surface area contributed by atoms with E-state index in [1.54, 1.807) is 53.6 Å². The van der Waals surface area contributed by atoms with Crippen LogP contribution in [0.2, 0.25) is 0 Å². The molecule has 0 spiro atoms. The number of pyridine rings is 2. The molecule has 5 rings (SSSR count). The van der Waals surface area contributed by atoms with Crippen molar-refractivity contribution in [2.24, 2.45) is 0 Å². The Bertz CT molecular complexity index is 1380. The molecule has 3 heterocycles. The molecule has 146 valence electrons. The molecule has 7 heteroatoms. The molecule has 5 aromatic rings. The summed E-state index contributed by atoms with van der Waals surface area (Å²) in [6.45, 7) is 0.0503. The van der Waals surface area contributed by atoms with E-state index in [0.717, 1.165) is 11.0 Å². The molecule has 0 saturated heterocycles. The van der Waals surface area contributed by atoms with Gasteiger partial charge in [0.05, 0.1) is 16.7 Å². The second kappa shape index (κ2) is 7.29. The van der Waals surface area contributed by atoms with Crippen molar-refractivity contribution < 1.29 is 4.79 Å². The van der Waals surface area contributed by atoms with Crippen LogP contribution in [-0.2, 0) is 11.3 Å². The van der Waals surface area contributed by atoms with Gasteiger partial charge in [0.2, 0.25) is 5.91 Å². The second-order valence-electron chi connectivity index (χ2n) is 6.82. The van der Waals surface area contributed by atoms with Crippen LogP contribution in [0.25, 0.3) is 27.6 Å². The molecule has 1 amide bonds. The van der Waals surface area contributed by atoms with Gasteiger partial charge >= 0.3 is 0 Å². The van der Waals surface area contributed by atoms with Crippen LogP contribution >= 0.6 is 0 Å². The first-order valence-electron chi connectivity index (χ1n) is 9.47. The van der Waals surface area contributed by atoms with Crippen LogP contribution in [0.1, 0.15) is 0 Å². The lowest BCUT2D eigenvalue weighted by atomic mass is 10.1. The van der Waals surface area contributed by atoms with E-state index >= 15 is 0 Å². The van der Waals surface area contributed by atoms with Crippen LogP contribution in [0.15, 0.2) is 90.1 Å². The van der Waals surface area contributed by atoms with Crippen molar-refractivity contribution >= 4 is 33.4 Å². The minimum atomic E-state index is -0.227. The number of fused-ring (bicyclic) bond motifs is 2. The molecule has 0 radical (unpaired) electrons. The van der Waals surface area contributed by atoms with Crippen LogP contribution < -0.4 is 10.7 Å². The van der Waals surface area contributed by atoms with Crippen LogP contribution in [0.5, 0.6) is 0 Å². The fraction of sp³-hybridized carbons (Fsp3) is 0.0435. The van der Waals surface area contributed by atoms with Gasteiger partial charge in [0, 0.05) is 29.4 Å². The van der Waals surface area contributed by atoms with E-state index < -0.39 is 0 Å². The monoisotopic (exact) mass is 395 g/mol. The van der Waals surface area contributed by atoms with Crippen LogP contribution in [0.3, 0.4) is 0 Å². The Labute approximate surface area is 171 Å². The maximum atomic E-state index is 13.0. The highest BCUT2D eigenvalue weighted by molar-refractivity contribution is 5.97. The average molecular weight is 395 g/mol. The summed E-state index contributed by atoms with van der Waals surface area (Å²) in [5.41, 5.74) is 1.96. The summed E-state index contributed by atoms with van der Waals surface area (Å²) < 4.78 is 3.46. The minimum absolute atomic E-state index is 0.0360. The summed E-state index contributed by atoms with van der Waals surface area (Å²) in [5, 5.41) is 8.29. The normalized spacial score (nSPS) is 11.1. The lowest BCUT2D eigenvalue weighted by molar-refractivity contribution is -0.116. The number of hydrogen-bond donors (Lipinski definition) is 1. The zero-order valence-corrected chi connectivity index (χ0v) is 15.9. The first kappa shape index (κ1) is 17.8. The largest absolute Gasteiger partial charge is 0.331 e. The Hall–Kier alpha value is -4.26. The summed E-state index contributed by atoms with van der Waals surface area (Å²) in [7, 11) is 0. The minimum Gasteiger partial charge on any atom is -0.331 e. The molecule has 0 unspecified atom stereocenters. The number of rotatable bonds is 4. The number of hydrogen-bond acceptors (Lipinski definition) is 4. The molecule has 7 nitrogen and oxygen atoms in total. The number of amides is 1. The topological polar surface area (TPSA) is 81.8 Å². The van der Waals surface area contributed by atoms with Crippen LogP contribution in [0.4, 0.5) is 5.69 Å². The van der Waals surface area contributed by atoms with E-state index in [4.69, 9.17) is 0 Å². The van der Waals surface area contributed by atoms with Crippen LogP contribution in [-0.4, -0.2) is 25.2 Å². The Kier molecular flexibility index (Phi) is 4.33. The average Bonchev–Trinajstić information content (AvgIpc) is 3.32. The number of benzene rings is 2. The van der Waals surface area contributed by atoms with Crippen molar-refractivity contribution in [2.45, 2.75) is 6.54 Å². The molecular formula is C23H17N5O2. The predicted octanol–water partition coefficient (Wildman–Crippen LogP) is 3.37. The first-order valence-corrected chi connectivity index (χ1v) is 9.47. The molecule has 0 saturated carbocycles. The summed E-state index contributed by atoms with van der Waals surface area (Å²) >= 11 is 0. The number of para-hydroxylation sites is 2. The molecule has 1 N–H and O–H groups in total. The van der Waals surface area contributed by atoms with Gasteiger partial charge in [-0.25, -0.2) is 9.67 Å². The molecule has 0 aliphatic rings. The smallest absolute Gasteiger partial charge is 0.244 e. The van der Waals surface area contributed by atoms with Gasteiger partial charge in [-0.1, -0.05) is 24.3 Å². The van der Waals surface area contributed by atoms with Crippen molar-refractivity contribution in [1.82, 2.24) is 19.3 Å². The van der Waals surface area contributed by atoms with E-state index in [0.29, 0.717) is 22.3 Å². The van der Waals surface area contributed by atoms with E-state index in [1.165, 1.54) is 0 Å². The lowest BCUT2D eigenvalue weighted by Crippen LogP contribution is -2.22. The number of anilines is 1. The Morgan fingerprint density at radius 2 is 1.57 bits per heavy atom. The van der Waals surface area contributed by atoms with Crippen LogP contribution in [0, 0.1) is 0 Å². The molecule has 0 atom stereocenters. The summed E-state index contributed by atoms with van der Waals surface area (Å²) in [5.74, 6) is 0.306. The number of carbonyl (C=O) groups is 1. The quantitative estimate of drug-likeness (QED) is 0.473. The molecule has 0 bridgehead atoms. The zero-order valence-electron chi connectivity index (χ0n) is 15.9. The third-order valence-corrected chi connectivity index (χ3v) is 4.96. The van der Waals surface area contributed by atoms with E-state index in [-0.39, 0.29) is 17.9 Å². The maximum Gasteiger partial charge on any atom is 0.244 e. The Balaban J connectivity index is 1.56. The SMILES string of the molecule is O=C(Cn1c2ccccc2c(=O)c2ccccc21)Nc1cccnc1-n1cccn1. The van der Waals surface area contributed by atoms with Gasteiger partial charge in [-0.3, -0.25) is 9.59 Å². The van der Waals surface area contributed by atoms with E-state index in [1.807, 2.05) is 41.0 Å². The molecule has 2 aromatic carbocycles. The molecule has 0 aliphatic heterocycles. The maximum absolute atomic E-state index is 13.0. The first-order chi connectivity index (χ1) is 14.7. The highest BCUT2D eigenvalue weighted by Gasteiger charge is 2.14. The fourth-order valence-corrected chi connectivity index (χ4v) is 3.65. The molecule has 3 aromatic heterocycles. The van der Waals surface area contributed by atoms with Gasteiger partial charge in [-0.2, -0.15) is 5.10 Å². The van der Waals surface area contributed by atoms with Crippen molar-refractivity contribution in [3.63, 3.8) is 0 Å². The second-order valence-corrected chi connectivity index (χ2v) is 6.82. The number of carbonyl (C=O) groups excluding carboxylic acids is 1. The Morgan fingerprint density at radius 1 is 0.867 bits per heavy atom. The van der Waals surface area contributed by atoms with Gasteiger partial charge in [-0.15, -0.1) is 0 Å². The molecule has 0 fully saturated rings. The number of nitrogens with zero attached hydrogens (tertiary/aromatic N) is 4. The van der Waals surface area contributed by atoms with Gasteiger partial charge < -0.3 is 9.88 Å². The summed E-state index contributed by atoms with van der Waals surface area (Å²) in [6.07, 6.45) is 5.06. The van der Waals surface area contributed by atoms with Gasteiger partial charge in [0.15, 0.2) is 11.2 Å².